The topological polar surface area (TPSA) is 42.1 Å². The molecule has 2 fully saturated rings. The molecule has 1 aliphatic heterocycles. The van der Waals surface area contributed by atoms with Crippen LogP contribution in [0.5, 0.6) is 0 Å². The van der Waals surface area contributed by atoms with Crippen LogP contribution in [0.2, 0.25) is 0 Å². The molecule has 1 saturated heterocycles. The maximum atomic E-state index is 6.40. The highest BCUT2D eigenvalue weighted by atomic mass is 15.2. The van der Waals surface area contributed by atoms with Crippen molar-refractivity contribution in [2.24, 2.45) is 11.1 Å². The van der Waals surface area contributed by atoms with E-state index in [0.717, 1.165) is 25.3 Å². The van der Waals surface area contributed by atoms with Gasteiger partial charge in [-0.2, -0.15) is 0 Å². The first-order chi connectivity index (χ1) is 8.03. The highest BCUT2D eigenvalue weighted by Crippen LogP contribution is 2.60. The minimum absolute atomic E-state index is 0.149. The van der Waals surface area contributed by atoms with E-state index in [1.165, 1.54) is 18.4 Å². The minimum atomic E-state index is -0.149. The van der Waals surface area contributed by atoms with E-state index >= 15 is 0 Å². The second kappa shape index (κ2) is 3.45. The molecular formula is C14H21N3. The van der Waals surface area contributed by atoms with Crippen LogP contribution in [-0.2, 0) is 5.54 Å². The Balaban J connectivity index is 1.81. The zero-order valence-electron chi connectivity index (χ0n) is 10.7. The van der Waals surface area contributed by atoms with Crippen molar-refractivity contribution in [3.8, 4) is 0 Å². The number of anilines is 1. The molecule has 0 radical (unpaired) electrons. The largest absolute Gasteiger partial charge is 0.357 e. The fraction of sp³-hybridized carbons (Fsp3) is 0.643. The van der Waals surface area contributed by atoms with Gasteiger partial charge in [-0.25, -0.2) is 4.98 Å². The predicted molar refractivity (Wildman–Crippen MR) is 69.9 cm³/mol. The number of hydrogen-bond acceptors (Lipinski definition) is 3. The fourth-order valence-electron chi connectivity index (χ4n) is 2.93. The number of rotatable bonds is 2. The van der Waals surface area contributed by atoms with Gasteiger partial charge in [0.15, 0.2) is 0 Å². The summed E-state index contributed by atoms with van der Waals surface area (Å²) in [6, 6.07) is 4.29. The summed E-state index contributed by atoms with van der Waals surface area (Å²) in [5.41, 5.74) is 7.66. The van der Waals surface area contributed by atoms with Crippen LogP contribution in [0.3, 0.4) is 0 Å². The Morgan fingerprint density at radius 2 is 1.88 bits per heavy atom. The maximum absolute atomic E-state index is 6.40. The summed E-state index contributed by atoms with van der Waals surface area (Å²) < 4.78 is 0. The Labute approximate surface area is 103 Å². The van der Waals surface area contributed by atoms with Gasteiger partial charge in [0.25, 0.3) is 0 Å². The lowest BCUT2D eigenvalue weighted by atomic mass is 9.99. The molecule has 1 atom stereocenters. The Morgan fingerprint density at radius 3 is 2.35 bits per heavy atom. The van der Waals surface area contributed by atoms with Gasteiger partial charge < -0.3 is 10.6 Å². The minimum Gasteiger partial charge on any atom is -0.357 e. The molecule has 0 bridgehead atoms. The molecule has 2 N–H and O–H groups in total. The average molecular weight is 231 g/mol. The molecule has 1 unspecified atom stereocenters. The van der Waals surface area contributed by atoms with E-state index in [9.17, 15) is 0 Å². The van der Waals surface area contributed by atoms with Crippen LogP contribution in [0, 0.1) is 5.41 Å². The van der Waals surface area contributed by atoms with Gasteiger partial charge in [0.2, 0.25) is 0 Å². The standard InChI is InChI=1S/C14H21N3/c1-13(2)10-14(13,15)11-5-6-12(16-9-11)17-7-3-4-8-17/h5-6,9H,3-4,7-8,10,15H2,1-2H3. The van der Waals surface area contributed by atoms with E-state index in [4.69, 9.17) is 5.73 Å². The van der Waals surface area contributed by atoms with Crippen LogP contribution in [0.4, 0.5) is 5.82 Å². The molecule has 2 heterocycles. The maximum Gasteiger partial charge on any atom is 0.128 e. The molecule has 1 saturated carbocycles. The molecule has 3 nitrogen and oxygen atoms in total. The van der Waals surface area contributed by atoms with Crippen LogP contribution >= 0.6 is 0 Å². The van der Waals surface area contributed by atoms with Crippen molar-refractivity contribution in [1.29, 1.82) is 0 Å². The third kappa shape index (κ3) is 1.64. The molecule has 1 aliphatic carbocycles. The molecule has 0 amide bonds. The molecule has 17 heavy (non-hydrogen) atoms. The Hall–Kier alpha value is -1.09. The summed E-state index contributed by atoms with van der Waals surface area (Å²) in [5, 5.41) is 0. The summed E-state index contributed by atoms with van der Waals surface area (Å²) in [4.78, 5) is 6.93. The molecule has 1 aromatic heterocycles. The molecule has 1 aromatic rings. The van der Waals surface area contributed by atoms with Gasteiger partial charge in [0.05, 0.1) is 0 Å². The first kappa shape index (κ1) is 11.0. The summed E-state index contributed by atoms with van der Waals surface area (Å²) in [5.74, 6) is 1.10. The third-order valence-electron chi connectivity index (χ3n) is 4.50. The van der Waals surface area contributed by atoms with E-state index in [1.54, 1.807) is 0 Å². The Kier molecular flexibility index (Phi) is 2.24. The Bertz CT molecular complexity index is 418. The SMILES string of the molecule is CC1(C)CC1(N)c1ccc(N2CCCC2)nc1. The quantitative estimate of drug-likeness (QED) is 0.849. The average Bonchev–Trinajstić information content (AvgIpc) is 2.75. The van der Waals surface area contributed by atoms with Crippen molar-refractivity contribution in [3.63, 3.8) is 0 Å². The second-order valence-electron chi connectivity index (χ2n) is 6.13. The van der Waals surface area contributed by atoms with Gasteiger partial charge in [0.1, 0.15) is 5.82 Å². The monoisotopic (exact) mass is 231 g/mol. The molecular weight excluding hydrogens is 210 g/mol. The Morgan fingerprint density at radius 1 is 1.24 bits per heavy atom. The van der Waals surface area contributed by atoms with Gasteiger partial charge in [0, 0.05) is 24.8 Å². The van der Waals surface area contributed by atoms with E-state index in [2.05, 4.69) is 35.9 Å². The van der Waals surface area contributed by atoms with Crippen molar-refractivity contribution in [3.05, 3.63) is 23.9 Å². The molecule has 92 valence electrons. The van der Waals surface area contributed by atoms with Crippen molar-refractivity contribution >= 4 is 5.82 Å². The van der Waals surface area contributed by atoms with E-state index in [1.807, 2.05) is 6.20 Å². The van der Waals surface area contributed by atoms with Crippen LogP contribution in [-0.4, -0.2) is 18.1 Å². The van der Waals surface area contributed by atoms with Crippen LogP contribution < -0.4 is 10.6 Å². The lowest BCUT2D eigenvalue weighted by molar-refractivity contribution is 0.509. The molecule has 2 aliphatic rings. The van der Waals surface area contributed by atoms with Gasteiger partial charge in [-0.05, 0) is 36.3 Å². The summed E-state index contributed by atoms with van der Waals surface area (Å²) >= 11 is 0. The fourth-order valence-corrected chi connectivity index (χ4v) is 2.93. The van der Waals surface area contributed by atoms with Crippen molar-refractivity contribution < 1.29 is 0 Å². The van der Waals surface area contributed by atoms with E-state index < -0.39 is 0 Å². The first-order valence-electron chi connectivity index (χ1n) is 6.53. The number of aromatic nitrogens is 1. The van der Waals surface area contributed by atoms with Crippen molar-refractivity contribution in [2.45, 2.75) is 38.6 Å². The van der Waals surface area contributed by atoms with Crippen molar-refractivity contribution in [1.82, 2.24) is 4.98 Å². The lowest BCUT2D eigenvalue weighted by Gasteiger charge is -2.19. The van der Waals surface area contributed by atoms with Gasteiger partial charge in [-0.3, -0.25) is 0 Å². The highest BCUT2D eigenvalue weighted by molar-refractivity contribution is 5.43. The van der Waals surface area contributed by atoms with Crippen LogP contribution in [0.25, 0.3) is 0 Å². The summed E-state index contributed by atoms with van der Waals surface area (Å²) in [7, 11) is 0. The summed E-state index contributed by atoms with van der Waals surface area (Å²) in [6.45, 7) is 6.74. The molecule has 0 aromatic carbocycles. The van der Waals surface area contributed by atoms with Crippen LogP contribution in [0.1, 0.15) is 38.7 Å². The van der Waals surface area contributed by atoms with Gasteiger partial charge in [-0.15, -0.1) is 0 Å². The zero-order chi connectivity index (χ0) is 12.1. The van der Waals surface area contributed by atoms with Gasteiger partial charge >= 0.3 is 0 Å². The van der Waals surface area contributed by atoms with Crippen LogP contribution in [0.15, 0.2) is 18.3 Å². The predicted octanol–water partition coefficient (Wildman–Crippen LogP) is 2.27. The number of pyridine rings is 1. The number of nitrogens with zero attached hydrogens (tertiary/aromatic N) is 2. The molecule has 0 spiro atoms. The number of hydrogen-bond donors (Lipinski definition) is 1. The summed E-state index contributed by atoms with van der Waals surface area (Å²) in [6.07, 6.45) is 5.61. The lowest BCUT2D eigenvalue weighted by Crippen LogP contribution is -2.26. The zero-order valence-corrected chi connectivity index (χ0v) is 10.7. The van der Waals surface area contributed by atoms with Crippen molar-refractivity contribution in [2.75, 3.05) is 18.0 Å². The second-order valence-corrected chi connectivity index (χ2v) is 6.13. The van der Waals surface area contributed by atoms with Gasteiger partial charge in [-0.1, -0.05) is 19.9 Å². The first-order valence-corrected chi connectivity index (χ1v) is 6.53. The molecule has 3 rings (SSSR count). The highest BCUT2D eigenvalue weighted by Gasteiger charge is 2.59. The normalized spacial score (nSPS) is 30.6. The smallest absolute Gasteiger partial charge is 0.128 e. The third-order valence-corrected chi connectivity index (χ3v) is 4.50. The van der Waals surface area contributed by atoms with E-state index in [0.29, 0.717) is 0 Å². The van der Waals surface area contributed by atoms with E-state index in [-0.39, 0.29) is 11.0 Å². The molecule has 3 heteroatoms. The number of nitrogens with two attached hydrogens (primary N) is 1.